The lowest BCUT2D eigenvalue weighted by molar-refractivity contribution is -0.129. The zero-order valence-corrected chi connectivity index (χ0v) is 25.6. The number of sulfonamides is 1. The Morgan fingerprint density at radius 3 is 2.44 bits per heavy atom. The number of anilines is 3. The van der Waals surface area contributed by atoms with Gasteiger partial charge < -0.3 is 25.3 Å². The van der Waals surface area contributed by atoms with Crippen molar-refractivity contribution in [1.29, 1.82) is 0 Å². The largest absolute Gasteiger partial charge is 0.356 e. The molecule has 5 heterocycles. The molecule has 13 nitrogen and oxygen atoms in total. The quantitative estimate of drug-likeness (QED) is 0.400. The van der Waals surface area contributed by atoms with Crippen LogP contribution in [0.4, 0.5) is 17.3 Å². The van der Waals surface area contributed by atoms with Gasteiger partial charge in [-0.1, -0.05) is 11.6 Å². The number of piperidine rings is 1. The zero-order valence-electron chi connectivity index (χ0n) is 24.1. The average molecular weight is 630 g/mol. The molecule has 15 heteroatoms. The fraction of sp³-hybridized carbons (Fsp3) is 0.500. The maximum atomic E-state index is 14.0. The summed E-state index contributed by atoms with van der Waals surface area (Å²) in [7, 11) is -3.62. The predicted molar refractivity (Wildman–Crippen MR) is 165 cm³/mol. The van der Waals surface area contributed by atoms with E-state index in [4.69, 9.17) is 27.4 Å². The first kappa shape index (κ1) is 29.5. The number of carbonyl (C=O) groups is 2. The molecule has 3 fully saturated rings. The van der Waals surface area contributed by atoms with E-state index in [1.165, 1.54) is 12.1 Å². The number of halogens is 1. The maximum Gasteiger partial charge on any atom is 0.256 e. The van der Waals surface area contributed by atoms with Crippen LogP contribution in [0.5, 0.6) is 0 Å². The van der Waals surface area contributed by atoms with Crippen molar-refractivity contribution in [2.75, 3.05) is 73.1 Å². The van der Waals surface area contributed by atoms with Gasteiger partial charge in [-0.25, -0.2) is 13.4 Å². The summed E-state index contributed by atoms with van der Waals surface area (Å²) in [5.41, 5.74) is 7.38. The lowest BCUT2D eigenvalue weighted by Gasteiger charge is -2.37. The van der Waals surface area contributed by atoms with Crippen LogP contribution in [0.15, 0.2) is 30.3 Å². The predicted octanol–water partition coefficient (Wildman–Crippen LogP) is 1.94. The van der Waals surface area contributed by atoms with Crippen molar-refractivity contribution in [1.82, 2.24) is 24.4 Å². The number of nitrogens with two attached hydrogens (primary N) is 1. The third kappa shape index (κ3) is 6.08. The van der Waals surface area contributed by atoms with Gasteiger partial charge in [-0.05, 0) is 43.9 Å². The van der Waals surface area contributed by atoms with Gasteiger partial charge in [0.2, 0.25) is 15.9 Å². The average Bonchev–Trinajstić information content (AvgIpc) is 3.39. The number of likely N-dealkylation sites (tertiary alicyclic amines) is 1. The third-order valence-electron chi connectivity index (χ3n) is 8.34. The first-order chi connectivity index (χ1) is 20.6. The second-order valence-corrected chi connectivity index (χ2v) is 13.5. The number of nitrogens with one attached hydrogen (secondary N) is 1. The number of hydrogen-bond acceptors (Lipinski definition) is 9. The molecule has 0 aliphatic carbocycles. The Kier molecular flexibility index (Phi) is 8.09. The van der Waals surface area contributed by atoms with Crippen molar-refractivity contribution in [3.05, 3.63) is 46.6 Å². The standard InChI is InChI=1S/C28H36ClN9O4S/c1-43(41,42)33-21-7-6-19(29)15-20(21)28(40)37-10-3-2-5-23(37)22-16-25-31-24(34-8-4-9-34)17-26(38(25)32-22)35-11-13-36(14-12-35)27(39)18-30/h6-7,15-17,23,33H,2-5,8-14,18,30H2,1H3. The highest BCUT2D eigenvalue weighted by molar-refractivity contribution is 7.92. The summed E-state index contributed by atoms with van der Waals surface area (Å²) in [6.07, 6.45) is 4.61. The summed E-state index contributed by atoms with van der Waals surface area (Å²) in [5, 5.41) is 5.35. The van der Waals surface area contributed by atoms with E-state index in [0.29, 0.717) is 49.8 Å². The first-order valence-electron chi connectivity index (χ1n) is 14.6. The monoisotopic (exact) mass is 629 g/mol. The molecule has 230 valence electrons. The molecule has 1 aromatic carbocycles. The Morgan fingerprint density at radius 1 is 1.00 bits per heavy atom. The van der Waals surface area contributed by atoms with Gasteiger partial charge in [0.25, 0.3) is 5.91 Å². The van der Waals surface area contributed by atoms with Crippen LogP contribution < -0.4 is 20.3 Å². The number of benzene rings is 1. The Labute approximate surface area is 255 Å². The van der Waals surface area contributed by atoms with Crippen LogP contribution in [0.1, 0.15) is 47.8 Å². The molecule has 3 aliphatic rings. The smallest absolute Gasteiger partial charge is 0.256 e. The van der Waals surface area contributed by atoms with Crippen molar-refractivity contribution in [3.8, 4) is 0 Å². The Hall–Kier alpha value is -3.62. The number of piperazine rings is 1. The van der Waals surface area contributed by atoms with Crippen LogP contribution in [0.3, 0.4) is 0 Å². The van der Waals surface area contributed by atoms with E-state index in [0.717, 1.165) is 55.9 Å². The van der Waals surface area contributed by atoms with E-state index in [1.807, 2.05) is 10.6 Å². The van der Waals surface area contributed by atoms with Crippen LogP contribution >= 0.6 is 11.6 Å². The van der Waals surface area contributed by atoms with Crippen LogP contribution in [0, 0.1) is 0 Å². The minimum Gasteiger partial charge on any atom is -0.356 e. The third-order valence-corrected chi connectivity index (χ3v) is 9.16. The topological polar surface area (TPSA) is 149 Å². The van der Waals surface area contributed by atoms with Crippen molar-refractivity contribution in [2.45, 2.75) is 31.7 Å². The van der Waals surface area contributed by atoms with E-state index in [9.17, 15) is 18.0 Å². The molecule has 1 unspecified atom stereocenters. The van der Waals surface area contributed by atoms with Crippen LogP contribution in [0.25, 0.3) is 5.65 Å². The highest BCUT2D eigenvalue weighted by Gasteiger charge is 2.33. The number of carbonyl (C=O) groups excluding carboxylic acids is 2. The van der Waals surface area contributed by atoms with Crippen molar-refractivity contribution >= 4 is 56.4 Å². The minimum absolute atomic E-state index is 0.00126. The second kappa shape index (κ2) is 11.8. The highest BCUT2D eigenvalue weighted by Crippen LogP contribution is 2.35. The summed E-state index contributed by atoms with van der Waals surface area (Å²) in [6, 6.07) is 8.24. The SMILES string of the molecule is CS(=O)(=O)Nc1ccc(Cl)cc1C(=O)N1CCCCC1c1cc2nc(N3CCC3)cc(N3CCN(C(=O)CN)CC3)n2n1. The summed E-state index contributed by atoms with van der Waals surface area (Å²) in [5.74, 6) is 1.40. The summed E-state index contributed by atoms with van der Waals surface area (Å²) >= 11 is 6.25. The summed E-state index contributed by atoms with van der Waals surface area (Å²) in [4.78, 5) is 39.1. The van der Waals surface area contributed by atoms with Gasteiger partial charge in [-0.2, -0.15) is 9.61 Å². The van der Waals surface area contributed by atoms with Crippen molar-refractivity contribution < 1.29 is 18.0 Å². The fourth-order valence-corrected chi connectivity index (χ4v) is 6.74. The molecule has 1 atom stereocenters. The Bertz CT molecular complexity index is 1650. The van der Waals surface area contributed by atoms with Gasteiger partial charge in [0, 0.05) is 63.0 Å². The van der Waals surface area contributed by atoms with Gasteiger partial charge in [0.1, 0.15) is 11.6 Å². The molecular weight excluding hydrogens is 594 g/mol. The lowest BCUT2D eigenvalue weighted by Crippen LogP contribution is -2.50. The summed E-state index contributed by atoms with van der Waals surface area (Å²) in [6.45, 7) is 4.80. The molecule has 3 aliphatic heterocycles. The minimum atomic E-state index is -3.62. The molecule has 3 N–H and O–H groups in total. The fourth-order valence-electron chi connectivity index (χ4n) is 5.99. The summed E-state index contributed by atoms with van der Waals surface area (Å²) < 4.78 is 28.4. The molecule has 0 spiro atoms. The van der Waals surface area contributed by atoms with E-state index in [1.54, 1.807) is 15.9 Å². The first-order valence-corrected chi connectivity index (χ1v) is 16.8. The number of aromatic nitrogens is 3. The van der Waals surface area contributed by atoms with E-state index < -0.39 is 10.0 Å². The molecule has 2 aromatic heterocycles. The lowest BCUT2D eigenvalue weighted by atomic mass is 9.98. The second-order valence-electron chi connectivity index (χ2n) is 11.3. The van der Waals surface area contributed by atoms with Crippen molar-refractivity contribution in [2.24, 2.45) is 5.73 Å². The van der Waals surface area contributed by atoms with Crippen LogP contribution in [-0.2, 0) is 14.8 Å². The number of amides is 2. The van der Waals surface area contributed by atoms with Gasteiger partial charge in [-0.3, -0.25) is 14.3 Å². The Balaban J connectivity index is 1.35. The molecule has 0 radical (unpaired) electrons. The van der Waals surface area contributed by atoms with Crippen LogP contribution in [0.2, 0.25) is 5.02 Å². The van der Waals surface area contributed by atoms with Gasteiger partial charge in [-0.15, -0.1) is 0 Å². The number of nitrogens with zero attached hydrogens (tertiary/aromatic N) is 7. The molecule has 43 heavy (non-hydrogen) atoms. The van der Waals surface area contributed by atoms with Crippen molar-refractivity contribution in [3.63, 3.8) is 0 Å². The van der Waals surface area contributed by atoms with E-state index in [-0.39, 0.29) is 35.7 Å². The molecule has 3 aromatic rings. The van der Waals surface area contributed by atoms with E-state index >= 15 is 0 Å². The maximum absolute atomic E-state index is 14.0. The Morgan fingerprint density at radius 2 is 1.77 bits per heavy atom. The zero-order chi connectivity index (χ0) is 30.3. The molecule has 3 saturated heterocycles. The molecule has 2 amide bonds. The number of hydrogen-bond donors (Lipinski definition) is 2. The van der Waals surface area contributed by atoms with E-state index in [2.05, 4.69) is 20.6 Å². The molecular formula is C28H36ClN9O4S. The van der Waals surface area contributed by atoms with Gasteiger partial charge in [0.15, 0.2) is 5.65 Å². The molecule has 0 bridgehead atoms. The van der Waals surface area contributed by atoms with Crippen LogP contribution in [-0.4, -0.2) is 103 Å². The van der Waals surface area contributed by atoms with Gasteiger partial charge >= 0.3 is 0 Å². The highest BCUT2D eigenvalue weighted by atomic mass is 35.5. The van der Waals surface area contributed by atoms with Gasteiger partial charge in [0.05, 0.1) is 35.8 Å². The normalized spacial score (nSPS) is 19.5. The molecule has 0 saturated carbocycles. The number of fused-ring (bicyclic) bond motifs is 1. The molecule has 6 rings (SSSR count). The number of rotatable bonds is 7.